The van der Waals surface area contributed by atoms with Gasteiger partial charge in [-0.05, 0) is 96.6 Å². The van der Waals surface area contributed by atoms with Gasteiger partial charge < -0.3 is 5.73 Å². The van der Waals surface area contributed by atoms with E-state index in [0.717, 1.165) is 56.9 Å². The fourth-order valence-electron chi connectivity index (χ4n) is 5.90. The molecule has 1 amide bonds. The second-order valence-electron chi connectivity index (χ2n) is 13.3. The zero-order valence-electron chi connectivity index (χ0n) is 23.9. The Balaban J connectivity index is 0.000000158. The van der Waals surface area contributed by atoms with Crippen molar-refractivity contribution >= 4 is 49.0 Å². The number of nitrogens with two attached hydrogens (primary N) is 1. The molecule has 0 saturated heterocycles. The molecule has 2 atom stereocenters. The van der Waals surface area contributed by atoms with Gasteiger partial charge in [-0.15, -0.1) is 22.7 Å². The number of hydrogen-bond acceptors (Lipinski definition) is 6. The van der Waals surface area contributed by atoms with Crippen LogP contribution in [0.5, 0.6) is 0 Å². The van der Waals surface area contributed by atoms with Crippen molar-refractivity contribution in [1.29, 1.82) is 5.26 Å². The molecular weight excluding hydrogens is 521 g/mol. The van der Waals surface area contributed by atoms with Crippen molar-refractivity contribution in [3.63, 3.8) is 0 Å². The smallest absolute Gasteiger partial charge is 0.258 e. The van der Waals surface area contributed by atoms with Crippen LogP contribution in [0.15, 0.2) is 24.3 Å². The molecule has 0 spiro atoms. The Kier molecular flexibility index (Phi) is 7.32. The standard InChI is InChI=1S/C16H20N2OS.C16H18N2S/c1-16(2,3)11-4-5-12-9(7-11)6-10-8-13(14(17)19)20-15(10)18-12;1-16(2,3)12-4-5-14-10(7-12)6-11-8-13(9-17)19-15(11)18-14/h6,8,11H,4-5,7H2,1-3H3,(H2,17,19);6,8,12H,4-5,7H2,1-3H3. The van der Waals surface area contributed by atoms with E-state index in [1.807, 2.05) is 12.1 Å². The van der Waals surface area contributed by atoms with Crippen LogP contribution in [-0.2, 0) is 25.7 Å². The Morgan fingerprint density at radius 3 is 1.79 bits per heavy atom. The minimum atomic E-state index is -0.362. The van der Waals surface area contributed by atoms with Crippen molar-refractivity contribution in [3.8, 4) is 6.07 Å². The van der Waals surface area contributed by atoms with E-state index >= 15 is 0 Å². The summed E-state index contributed by atoms with van der Waals surface area (Å²) in [5, 5.41) is 11.2. The Hall–Kier alpha value is -2.82. The molecule has 204 valence electrons. The lowest BCUT2D eigenvalue weighted by Crippen LogP contribution is -2.27. The lowest BCUT2D eigenvalue weighted by Gasteiger charge is -2.34. The molecule has 0 saturated carbocycles. The summed E-state index contributed by atoms with van der Waals surface area (Å²) in [7, 11) is 0. The van der Waals surface area contributed by atoms with Gasteiger partial charge >= 0.3 is 0 Å². The molecule has 4 aromatic rings. The number of rotatable bonds is 1. The van der Waals surface area contributed by atoms with Crippen LogP contribution < -0.4 is 5.73 Å². The number of hydrogen-bond donors (Lipinski definition) is 1. The van der Waals surface area contributed by atoms with E-state index in [1.54, 1.807) is 0 Å². The number of primary amides is 1. The third kappa shape index (κ3) is 5.88. The highest BCUT2D eigenvalue weighted by atomic mass is 32.1. The molecule has 0 aliphatic heterocycles. The van der Waals surface area contributed by atoms with Crippen LogP contribution in [-0.4, -0.2) is 15.9 Å². The van der Waals surface area contributed by atoms with Crippen LogP contribution >= 0.6 is 22.7 Å². The van der Waals surface area contributed by atoms with E-state index in [-0.39, 0.29) is 5.91 Å². The first-order chi connectivity index (χ1) is 18.3. The highest BCUT2D eigenvalue weighted by Crippen LogP contribution is 2.39. The molecule has 2 aliphatic carbocycles. The van der Waals surface area contributed by atoms with Gasteiger partial charge in [-0.25, -0.2) is 9.97 Å². The first kappa shape index (κ1) is 27.7. The van der Waals surface area contributed by atoms with Crippen LogP contribution in [0, 0.1) is 34.0 Å². The predicted molar refractivity (Wildman–Crippen MR) is 162 cm³/mol. The molecule has 4 heterocycles. The average molecular weight is 559 g/mol. The fraction of sp³-hybridized carbons (Fsp3) is 0.500. The molecule has 2 aliphatic rings. The molecule has 7 heteroatoms. The number of fused-ring (bicyclic) bond motifs is 4. The van der Waals surface area contributed by atoms with Crippen molar-refractivity contribution < 1.29 is 4.79 Å². The maximum atomic E-state index is 11.3. The summed E-state index contributed by atoms with van der Waals surface area (Å²) in [4.78, 5) is 24.1. The summed E-state index contributed by atoms with van der Waals surface area (Å²) in [6.45, 7) is 13.9. The minimum Gasteiger partial charge on any atom is -0.365 e. The summed E-state index contributed by atoms with van der Waals surface area (Å²) in [6, 6.07) is 10.5. The van der Waals surface area contributed by atoms with Crippen LogP contribution in [0.3, 0.4) is 0 Å². The zero-order valence-corrected chi connectivity index (χ0v) is 25.5. The quantitative estimate of drug-likeness (QED) is 0.257. The number of carbonyl (C=O) groups excluding carboxylic acids is 1. The van der Waals surface area contributed by atoms with Gasteiger partial charge in [0.15, 0.2) is 0 Å². The third-order valence-electron chi connectivity index (χ3n) is 8.55. The van der Waals surface area contributed by atoms with Gasteiger partial charge in [-0.1, -0.05) is 41.5 Å². The summed E-state index contributed by atoms with van der Waals surface area (Å²) in [5.41, 5.74) is 11.2. The Bertz CT molecular complexity index is 1590. The second-order valence-corrected chi connectivity index (χ2v) is 15.3. The van der Waals surface area contributed by atoms with Crippen LogP contribution in [0.2, 0.25) is 0 Å². The molecule has 0 fully saturated rings. The topological polar surface area (TPSA) is 92.7 Å². The van der Waals surface area contributed by atoms with E-state index in [0.29, 0.717) is 21.6 Å². The molecule has 0 bridgehead atoms. The van der Waals surface area contributed by atoms with Gasteiger partial charge in [0.1, 0.15) is 20.6 Å². The van der Waals surface area contributed by atoms with E-state index in [1.165, 1.54) is 58.0 Å². The monoisotopic (exact) mass is 558 g/mol. The van der Waals surface area contributed by atoms with Crippen molar-refractivity contribution in [2.45, 2.75) is 80.1 Å². The number of nitriles is 1. The molecule has 39 heavy (non-hydrogen) atoms. The highest BCUT2D eigenvalue weighted by Gasteiger charge is 2.30. The largest absolute Gasteiger partial charge is 0.365 e. The maximum Gasteiger partial charge on any atom is 0.258 e. The molecule has 2 unspecified atom stereocenters. The highest BCUT2D eigenvalue weighted by molar-refractivity contribution is 7.20. The molecule has 6 rings (SSSR count). The summed E-state index contributed by atoms with van der Waals surface area (Å²) >= 11 is 2.90. The summed E-state index contributed by atoms with van der Waals surface area (Å²) < 4.78 is 0. The molecule has 0 aromatic carbocycles. The van der Waals surface area contributed by atoms with Crippen molar-refractivity contribution in [2.24, 2.45) is 28.4 Å². The van der Waals surface area contributed by atoms with Crippen molar-refractivity contribution in [3.05, 3.63) is 56.5 Å². The minimum absolute atomic E-state index is 0.333. The normalized spacial score (nSPS) is 19.1. The predicted octanol–water partition coefficient (Wildman–Crippen LogP) is 7.87. The van der Waals surface area contributed by atoms with E-state index in [9.17, 15) is 4.79 Å². The summed E-state index contributed by atoms with van der Waals surface area (Å²) in [6.07, 6.45) is 6.75. The van der Waals surface area contributed by atoms with Crippen LogP contribution in [0.4, 0.5) is 0 Å². The molecule has 4 aromatic heterocycles. The van der Waals surface area contributed by atoms with Crippen LogP contribution in [0.1, 0.15) is 91.4 Å². The molecule has 2 N–H and O–H groups in total. The molecular formula is C32H38N4OS2. The Morgan fingerprint density at radius 2 is 1.33 bits per heavy atom. The van der Waals surface area contributed by atoms with Crippen molar-refractivity contribution in [1.82, 2.24) is 9.97 Å². The number of carbonyl (C=O) groups is 1. The zero-order chi connectivity index (χ0) is 28.1. The van der Waals surface area contributed by atoms with Gasteiger partial charge in [0.25, 0.3) is 5.91 Å². The van der Waals surface area contributed by atoms with Gasteiger partial charge in [0.05, 0.1) is 4.88 Å². The number of nitrogens with zero attached hydrogens (tertiary/aromatic N) is 3. The lowest BCUT2D eigenvalue weighted by atomic mass is 9.71. The van der Waals surface area contributed by atoms with Crippen molar-refractivity contribution in [2.75, 3.05) is 0 Å². The molecule has 5 nitrogen and oxygen atoms in total. The first-order valence-corrected chi connectivity index (χ1v) is 15.5. The Labute approximate surface area is 239 Å². The molecule has 0 radical (unpaired) electrons. The Morgan fingerprint density at radius 1 is 0.846 bits per heavy atom. The first-order valence-electron chi connectivity index (χ1n) is 13.9. The van der Waals surface area contributed by atoms with Gasteiger partial charge in [0.2, 0.25) is 0 Å². The third-order valence-corrected chi connectivity index (χ3v) is 10.6. The van der Waals surface area contributed by atoms with Crippen LogP contribution in [0.25, 0.3) is 20.4 Å². The number of thiophene rings is 2. The number of aryl methyl sites for hydroxylation is 2. The summed E-state index contributed by atoms with van der Waals surface area (Å²) in [5.74, 6) is 1.07. The van der Waals surface area contributed by atoms with E-state index < -0.39 is 0 Å². The fourth-order valence-corrected chi connectivity index (χ4v) is 7.62. The average Bonchev–Trinajstić information content (AvgIpc) is 3.47. The van der Waals surface area contributed by atoms with E-state index in [2.05, 4.69) is 59.7 Å². The van der Waals surface area contributed by atoms with Gasteiger partial charge in [0, 0.05) is 22.2 Å². The number of aromatic nitrogens is 2. The SMILES string of the molecule is CC(C)(C)C1CCc2nc3sc(C#N)cc3cc2C1.CC(C)(C)C1CCc2nc3sc(C(N)=O)cc3cc2C1. The maximum absolute atomic E-state index is 11.3. The van der Waals surface area contributed by atoms with E-state index in [4.69, 9.17) is 21.0 Å². The number of amides is 1. The lowest BCUT2D eigenvalue weighted by molar-refractivity contribution is 0.100. The number of pyridine rings is 2. The van der Waals surface area contributed by atoms with Gasteiger partial charge in [-0.2, -0.15) is 5.26 Å². The van der Waals surface area contributed by atoms with Gasteiger partial charge in [-0.3, -0.25) is 4.79 Å². The second kappa shape index (κ2) is 10.3.